The predicted octanol–water partition coefficient (Wildman–Crippen LogP) is 3.61. The molecule has 0 saturated carbocycles. The number of nitrogen functional groups attached to an aromatic ring is 1. The number of ether oxygens (including phenoxy) is 1. The minimum absolute atomic E-state index is 0.769. The first-order chi connectivity index (χ1) is 9.64. The molecule has 1 heterocycles. The van der Waals surface area contributed by atoms with E-state index >= 15 is 0 Å². The lowest BCUT2D eigenvalue weighted by atomic mass is 10.2. The standard InChI is InChI=1S/C15H15N3OS/c1-9-5-10(16)7-12(6-9)20-15-17-13-4-3-11(19-2)8-14(13)18-15/h3-8H,16H2,1-2H3,(H,17,18). The van der Waals surface area contributed by atoms with Crippen LogP contribution in [0.15, 0.2) is 46.5 Å². The van der Waals surface area contributed by atoms with E-state index < -0.39 is 0 Å². The number of rotatable bonds is 3. The van der Waals surface area contributed by atoms with Crippen LogP contribution in [0.3, 0.4) is 0 Å². The van der Waals surface area contributed by atoms with Crippen molar-refractivity contribution in [3.8, 4) is 5.75 Å². The summed E-state index contributed by atoms with van der Waals surface area (Å²) in [5.41, 5.74) is 9.67. The Hall–Kier alpha value is -2.14. The number of anilines is 1. The van der Waals surface area contributed by atoms with Gasteiger partial charge in [0, 0.05) is 16.6 Å². The number of imidazole rings is 1. The van der Waals surface area contributed by atoms with Crippen molar-refractivity contribution in [1.82, 2.24) is 9.97 Å². The summed E-state index contributed by atoms with van der Waals surface area (Å²) >= 11 is 1.57. The van der Waals surface area contributed by atoms with Crippen LogP contribution in [0.2, 0.25) is 0 Å². The Morgan fingerprint density at radius 2 is 2.05 bits per heavy atom. The van der Waals surface area contributed by atoms with E-state index in [4.69, 9.17) is 10.5 Å². The monoisotopic (exact) mass is 285 g/mol. The summed E-state index contributed by atoms with van der Waals surface area (Å²) in [4.78, 5) is 8.92. The van der Waals surface area contributed by atoms with E-state index in [0.717, 1.165) is 38.1 Å². The number of fused-ring (bicyclic) bond motifs is 1. The molecular weight excluding hydrogens is 270 g/mol. The average molecular weight is 285 g/mol. The van der Waals surface area contributed by atoms with E-state index in [1.54, 1.807) is 18.9 Å². The second-order valence-electron chi connectivity index (χ2n) is 4.61. The quantitative estimate of drug-likeness (QED) is 0.721. The van der Waals surface area contributed by atoms with Gasteiger partial charge in [-0.3, -0.25) is 0 Å². The molecule has 0 atom stereocenters. The Morgan fingerprint density at radius 1 is 1.20 bits per heavy atom. The third-order valence-electron chi connectivity index (χ3n) is 2.96. The largest absolute Gasteiger partial charge is 0.497 e. The van der Waals surface area contributed by atoms with Crippen molar-refractivity contribution in [2.24, 2.45) is 0 Å². The van der Waals surface area contributed by atoms with E-state index in [9.17, 15) is 0 Å². The minimum atomic E-state index is 0.769. The Kier molecular flexibility index (Phi) is 3.28. The Labute approximate surface area is 121 Å². The van der Waals surface area contributed by atoms with Crippen LogP contribution >= 0.6 is 11.8 Å². The molecule has 0 spiro atoms. The molecule has 0 bridgehead atoms. The van der Waals surface area contributed by atoms with Crippen LogP contribution in [-0.4, -0.2) is 17.1 Å². The van der Waals surface area contributed by atoms with Gasteiger partial charge in [0.25, 0.3) is 0 Å². The number of nitrogens with zero attached hydrogens (tertiary/aromatic N) is 1. The summed E-state index contributed by atoms with van der Waals surface area (Å²) in [6.45, 7) is 2.03. The van der Waals surface area contributed by atoms with Crippen molar-refractivity contribution in [2.45, 2.75) is 17.0 Å². The summed E-state index contributed by atoms with van der Waals surface area (Å²) in [5.74, 6) is 0.817. The fraction of sp³-hybridized carbons (Fsp3) is 0.133. The molecule has 3 rings (SSSR count). The molecule has 0 fully saturated rings. The van der Waals surface area contributed by atoms with E-state index in [1.165, 1.54) is 0 Å². The first kappa shape index (κ1) is 12.9. The van der Waals surface area contributed by atoms with Crippen LogP contribution in [-0.2, 0) is 0 Å². The van der Waals surface area contributed by atoms with E-state index in [1.807, 2.05) is 37.3 Å². The third kappa shape index (κ3) is 2.58. The molecule has 0 amide bonds. The van der Waals surface area contributed by atoms with Crippen molar-refractivity contribution in [3.63, 3.8) is 0 Å². The smallest absolute Gasteiger partial charge is 0.171 e. The SMILES string of the molecule is COc1ccc2nc(Sc3cc(C)cc(N)c3)[nH]c2c1. The average Bonchev–Trinajstić information content (AvgIpc) is 2.78. The number of nitrogens with one attached hydrogen (secondary N) is 1. The van der Waals surface area contributed by atoms with Crippen LogP contribution < -0.4 is 10.5 Å². The summed E-state index contributed by atoms with van der Waals surface area (Å²) in [7, 11) is 1.66. The van der Waals surface area contributed by atoms with Crippen LogP contribution in [0.25, 0.3) is 11.0 Å². The Balaban J connectivity index is 1.94. The molecule has 2 aromatic carbocycles. The molecule has 0 saturated heterocycles. The molecular formula is C15H15N3OS. The van der Waals surface area contributed by atoms with Crippen LogP contribution in [0.4, 0.5) is 5.69 Å². The number of aryl methyl sites for hydroxylation is 1. The number of benzene rings is 2. The predicted molar refractivity (Wildman–Crippen MR) is 82.4 cm³/mol. The Morgan fingerprint density at radius 3 is 2.80 bits per heavy atom. The molecule has 0 aliphatic heterocycles. The number of hydrogen-bond acceptors (Lipinski definition) is 4. The minimum Gasteiger partial charge on any atom is -0.497 e. The molecule has 1 aromatic heterocycles. The molecule has 102 valence electrons. The number of nitrogens with two attached hydrogens (primary N) is 1. The van der Waals surface area contributed by atoms with E-state index in [2.05, 4.69) is 16.0 Å². The van der Waals surface area contributed by atoms with Crippen LogP contribution in [0.1, 0.15) is 5.56 Å². The molecule has 3 aromatic rings. The molecule has 0 radical (unpaired) electrons. The zero-order valence-corrected chi connectivity index (χ0v) is 12.1. The molecule has 5 heteroatoms. The van der Waals surface area contributed by atoms with Gasteiger partial charge in [0.2, 0.25) is 0 Å². The first-order valence-corrected chi connectivity index (χ1v) is 7.04. The second kappa shape index (κ2) is 5.09. The molecule has 20 heavy (non-hydrogen) atoms. The maximum absolute atomic E-state index is 5.87. The zero-order valence-electron chi connectivity index (χ0n) is 11.3. The number of methoxy groups -OCH3 is 1. The number of aromatic nitrogens is 2. The number of aromatic amines is 1. The highest BCUT2D eigenvalue weighted by molar-refractivity contribution is 7.99. The van der Waals surface area contributed by atoms with Gasteiger partial charge in [-0.2, -0.15) is 0 Å². The molecule has 0 unspecified atom stereocenters. The first-order valence-electron chi connectivity index (χ1n) is 6.23. The lowest BCUT2D eigenvalue weighted by molar-refractivity contribution is 0.415. The summed E-state index contributed by atoms with van der Waals surface area (Å²) in [6.07, 6.45) is 0. The van der Waals surface area contributed by atoms with E-state index in [-0.39, 0.29) is 0 Å². The molecule has 0 aliphatic carbocycles. The maximum atomic E-state index is 5.87. The second-order valence-corrected chi connectivity index (χ2v) is 5.67. The Bertz CT molecular complexity index is 747. The number of H-pyrrole nitrogens is 1. The molecule has 4 nitrogen and oxygen atoms in total. The van der Waals surface area contributed by atoms with Gasteiger partial charge in [0.15, 0.2) is 5.16 Å². The van der Waals surface area contributed by atoms with E-state index in [0.29, 0.717) is 0 Å². The van der Waals surface area contributed by atoms with Gasteiger partial charge >= 0.3 is 0 Å². The van der Waals surface area contributed by atoms with Gasteiger partial charge in [-0.25, -0.2) is 4.98 Å². The summed E-state index contributed by atoms with van der Waals surface area (Å²) in [6, 6.07) is 11.8. The molecule has 3 N–H and O–H groups in total. The third-order valence-corrected chi connectivity index (χ3v) is 3.81. The topological polar surface area (TPSA) is 63.9 Å². The van der Waals surface area contributed by atoms with Gasteiger partial charge in [-0.15, -0.1) is 0 Å². The van der Waals surface area contributed by atoms with Crippen LogP contribution in [0, 0.1) is 6.92 Å². The van der Waals surface area contributed by atoms with Gasteiger partial charge in [0.05, 0.1) is 18.1 Å². The lowest BCUT2D eigenvalue weighted by Gasteiger charge is -2.02. The maximum Gasteiger partial charge on any atom is 0.171 e. The van der Waals surface area contributed by atoms with Crippen molar-refractivity contribution in [1.29, 1.82) is 0 Å². The summed E-state index contributed by atoms with van der Waals surface area (Å²) < 4.78 is 5.21. The van der Waals surface area contributed by atoms with Crippen molar-refractivity contribution in [3.05, 3.63) is 42.0 Å². The lowest BCUT2D eigenvalue weighted by Crippen LogP contribution is -1.86. The van der Waals surface area contributed by atoms with Crippen LogP contribution in [0.5, 0.6) is 5.75 Å². The van der Waals surface area contributed by atoms with Crippen molar-refractivity contribution < 1.29 is 4.74 Å². The van der Waals surface area contributed by atoms with Crippen molar-refractivity contribution >= 4 is 28.5 Å². The number of hydrogen-bond donors (Lipinski definition) is 2. The fourth-order valence-corrected chi connectivity index (χ4v) is 3.06. The van der Waals surface area contributed by atoms with Gasteiger partial charge in [0.1, 0.15) is 5.75 Å². The highest BCUT2D eigenvalue weighted by atomic mass is 32.2. The van der Waals surface area contributed by atoms with Gasteiger partial charge < -0.3 is 15.5 Å². The zero-order chi connectivity index (χ0) is 14.1. The highest BCUT2D eigenvalue weighted by Crippen LogP contribution is 2.30. The highest BCUT2D eigenvalue weighted by Gasteiger charge is 2.06. The van der Waals surface area contributed by atoms with Gasteiger partial charge in [-0.05, 0) is 42.8 Å². The molecule has 0 aliphatic rings. The van der Waals surface area contributed by atoms with Gasteiger partial charge in [-0.1, -0.05) is 11.8 Å². The summed E-state index contributed by atoms with van der Waals surface area (Å²) in [5, 5.41) is 0.846. The van der Waals surface area contributed by atoms with Crippen molar-refractivity contribution in [2.75, 3.05) is 12.8 Å². The fourth-order valence-electron chi connectivity index (χ4n) is 2.09. The normalized spacial score (nSPS) is 10.9.